The zero-order valence-corrected chi connectivity index (χ0v) is 15.0. The van der Waals surface area contributed by atoms with Gasteiger partial charge >= 0.3 is 5.51 Å². The van der Waals surface area contributed by atoms with Crippen LogP contribution in [0, 0.1) is 11.8 Å². The van der Waals surface area contributed by atoms with Crippen LogP contribution in [0.4, 0.5) is 13.2 Å². The normalized spacial score (nSPS) is 27.8. The fourth-order valence-electron chi connectivity index (χ4n) is 3.43. The van der Waals surface area contributed by atoms with Crippen LogP contribution in [0.25, 0.3) is 0 Å². The Labute approximate surface area is 149 Å². The van der Waals surface area contributed by atoms with Gasteiger partial charge in [-0.05, 0) is 60.7 Å². The number of thioether (sulfide) groups is 1. The maximum Gasteiger partial charge on any atom is 0.446 e. The molecule has 1 saturated heterocycles. The minimum absolute atomic E-state index is 0. The second kappa shape index (κ2) is 7.03. The lowest BCUT2D eigenvalue weighted by Crippen LogP contribution is -2.33. The number of fused-ring (bicyclic) bond motifs is 1. The summed E-state index contributed by atoms with van der Waals surface area (Å²) in [5.74, 6) is 0.477. The molecule has 10 heteroatoms. The quantitative estimate of drug-likeness (QED) is 0.789. The van der Waals surface area contributed by atoms with E-state index in [1.165, 1.54) is 28.6 Å². The van der Waals surface area contributed by atoms with E-state index < -0.39 is 15.5 Å². The van der Waals surface area contributed by atoms with E-state index in [4.69, 9.17) is 5.73 Å². The van der Waals surface area contributed by atoms with Crippen LogP contribution in [0.3, 0.4) is 0 Å². The lowest BCUT2D eigenvalue weighted by Gasteiger charge is -2.18. The third-order valence-corrected chi connectivity index (χ3v) is 7.16. The summed E-state index contributed by atoms with van der Waals surface area (Å²) >= 11 is -0.259. The molecule has 1 saturated carbocycles. The molecule has 136 valence electrons. The predicted octanol–water partition coefficient (Wildman–Crippen LogP) is 3.08. The van der Waals surface area contributed by atoms with Gasteiger partial charge in [-0.3, -0.25) is 0 Å². The topological polar surface area (TPSA) is 63.4 Å². The van der Waals surface area contributed by atoms with Gasteiger partial charge in [-0.25, -0.2) is 8.42 Å². The molecule has 3 rings (SSSR count). The molecule has 2 N–H and O–H groups in total. The number of sulfonamides is 1. The Morgan fingerprint density at radius 3 is 2.29 bits per heavy atom. The summed E-state index contributed by atoms with van der Waals surface area (Å²) in [6.07, 6.45) is 1.85. The highest BCUT2D eigenvalue weighted by molar-refractivity contribution is 8.00. The second-order valence-electron chi connectivity index (χ2n) is 6.01. The summed E-state index contributed by atoms with van der Waals surface area (Å²) in [6.45, 7) is 0.840. The van der Waals surface area contributed by atoms with E-state index in [1.54, 1.807) is 0 Å². The number of alkyl halides is 3. The number of benzene rings is 1. The molecule has 1 aromatic carbocycles. The van der Waals surface area contributed by atoms with Crippen LogP contribution in [0.15, 0.2) is 34.1 Å². The molecule has 1 heterocycles. The van der Waals surface area contributed by atoms with Crippen LogP contribution in [-0.2, 0) is 10.0 Å². The van der Waals surface area contributed by atoms with Crippen molar-refractivity contribution in [2.24, 2.45) is 17.6 Å². The maximum atomic E-state index is 12.6. The molecular weight excluding hydrogens is 385 g/mol. The van der Waals surface area contributed by atoms with Gasteiger partial charge in [-0.1, -0.05) is 0 Å². The molecule has 1 aromatic rings. The summed E-state index contributed by atoms with van der Waals surface area (Å²) in [5.41, 5.74) is 1.63. The molecule has 4 nitrogen and oxygen atoms in total. The van der Waals surface area contributed by atoms with Crippen molar-refractivity contribution >= 4 is 34.2 Å². The van der Waals surface area contributed by atoms with Crippen molar-refractivity contribution in [1.82, 2.24) is 4.31 Å². The molecule has 0 radical (unpaired) electrons. The molecule has 3 unspecified atom stereocenters. The van der Waals surface area contributed by atoms with Crippen molar-refractivity contribution in [2.45, 2.75) is 34.2 Å². The molecular formula is C14H18ClF3N2O2S2. The fraction of sp³-hybridized carbons (Fsp3) is 0.571. The second-order valence-corrected chi connectivity index (χ2v) is 9.08. The van der Waals surface area contributed by atoms with Crippen LogP contribution in [0.5, 0.6) is 0 Å². The van der Waals surface area contributed by atoms with Crippen LogP contribution >= 0.6 is 24.2 Å². The third-order valence-electron chi connectivity index (χ3n) is 4.57. The van der Waals surface area contributed by atoms with E-state index in [9.17, 15) is 21.6 Å². The van der Waals surface area contributed by atoms with Crippen molar-refractivity contribution < 1.29 is 21.6 Å². The first kappa shape index (κ1) is 19.8. The zero-order valence-electron chi connectivity index (χ0n) is 12.6. The average molecular weight is 403 g/mol. The molecule has 0 aromatic heterocycles. The molecule has 0 spiro atoms. The largest absolute Gasteiger partial charge is 0.446 e. The summed E-state index contributed by atoms with van der Waals surface area (Å²) in [5, 5.41) is 0. The summed E-state index contributed by atoms with van der Waals surface area (Å²) in [7, 11) is -3.68. The first-order valence-corrected chi connectivity index (χ1v) is 9.54. The van der Waals surface area contributed by atoms with Gasteiger partial charge in [0, 0.05) is 24.0 Å². The van der Waals surface area contributed by atoms with Gasteiger partial charge in [0.05, 0.1) is 4.90 Å². The molecule has 2 aliphatic rings. The number of nitrogens with zero attached hydrogens (tertiary/aromatic N) is 1. The van der Waals surface area contributed by atoms with E-state index in [1.807, 2.05) is 0 Å². The van der Waals surface area contributed by atoms with E-state index in [2.05, 4.69) is 0 Å². The Bertz CT molecular complexity index is 682. The minimum Gasteiger partial charge on any atom is -0.327 e. The van der Waals surface area contributed by atoms with Gasteiger partial charge in [0.15, 0.2) is 0 Å². The molecule has 3 atom stereocenters. The number of halogens is 4. The Hall–Kier alpha value is -0.480. The SMILES string of the molecule is Cl.NC1CCC2CN(S(=O)(=O)c3ccc(SC(F)(F)F)cc3)CC12. The van der Waals surface area contributed by atoms with Gasteiger partial charge in [-0.15, -0.1) is 12.4 Å². The number of rotatable bonds is 3. The summed E-state index contributed by atoms with van der Waals surface area (Å²) in [6, 6.07) is 4.88. The maximum absolute atomic E-state index is 12.6. The minimum atomic E-state index is -4.39. The van der Waals surface area contributed by atoms with Gasteiger partial charge in [0.2, 0.25) is 10.0 Å². The van der Waals surface area contributed by atoms with Gasteiger partial charge in [-0.2, -0.15) is 17.5 Å². The summed E-state index contributed by atoms with van der Waals surface area (Å²) in [4.78, 5) is -0.00525. The van der Waals surface area contributed by atoms with Gasteiger partial charge in [0.25, 0.3) is 0 Å². The summed E-state index contributed by atoms with van der Waals surface area (Å²) < 4.78 is 63.6. The Morgan fingerprint density at radius 1 is 1.12 bits per heavy atom. The zero-order chi connectivity index (χ0) is 16.8. The monoisotopic (exact) mass is 402 g/mol. The van der Waals surface area contributed by atoms with Crippen LogP contribution < -0.4 is 5.73 Å². The molecule has 0 bridgehead atoms. The predicted molar refractivity (Wildman–Crippen MR) is 88.6 cm³/mol. The Kier molecular flexibility index (Phi) is 5.81. The van der Waals surface area contributed by atoms with Crippen LogP contribution in [0.1, 0.15) is 12.8 Å². The highest BCUT2D eigenvalue weighted by atomic mass is 35.5. The third kappa shape index (κ3) is 4.01. The van der Waals surface area contributed by atoms with E-state index in [-0.39, 0.29) is 45.9 Å². The number of hydrogen-bond donors (Lipinski definition) is 1. The molecule has 0 amide bonds. The van der Waals surface area contributed by atoms with Crippen molar-refractivity contribution in [3.05, 3.63) is 24.3 Å². The fourth-order valence-corrected chi connectivity index (χ4v) is 5.50. The number of nitrogens with two attached hydrogens (primary N) is 1. The first-order valence-electron chi connectivity index (χ1n) is 7.28. The van der Waals surface area contributed by atoms with Crippen molar-refractivity contribution in [1.29, 1.82) is 0 Å². The van der Waals surface area contributed by atoms with Gasteiger partial charge < -0.3 is 5.73 Å². The smallest absolute Gasteiger partial charge is 0.327 e. The molecule has 1 aliphatic heterocycles. The van der Waals surface area contributed by atoms with Crippen molar-refractivity contribution in [3.63, 3.8) is 0 Å². The molecule has 1 aliphatic carbocycles. The Balaban J connectivity index is 0.00000208. The van der Waals surface area contributed by atoms with E-state index in [0.29, 0.717) is 19.0 Å². The van der Waals surface area contributed by atoms with Crippen molar-refractivity contribution in [3.8, 4) is 0 Å². The standard InChI is InChI=1S/C14H17F3N2O2S2.ClH/c15-14(16,17)22-10-2-4-11(5-3-10)23(20,21)19-7-9-1-6-13(18)12(9)8-19;/h2-5,9,12-13H,1,6-8,18H2;1H. The van der Waals surface area contributed by atoms with Gasteiger partial charge in [0.1, 0.15) is 0 Å². The van der Waals surface area contributed by atoms with Crippen molar-refractivity contribution in [2.75, 3.05) is 13.1 Å². The highest BCUT2D eigenvalue weighted by Gasteiger charge is 2.45. The first-order chi connectivity index (χ1) is 10.7. The molecule has 2 fully saturated rings. The average Bonchev–Trinajstić information content (AvgIpc) is 3.01. The van der Waals surface area contributed by atoms with Crippen LogP contribution in [-0.4, -0.2) is 37.4 Å². The number of hydrogen-bond acceptors (Lipinski definition) is 4. The lowest BCUT2D eigenvalue weighted by atomic mass is 9.98. The van der Waals surface area contributed by atoms with E-state index >= 15 is 0 Å². The van der Waals surface area contributed by atoms with E-state index in [0.717, 1.165) is 12.8 Å². The highest BCUT2D eigenvalue weighted by Crippen LogP contribution is 2.40. The lowest BCUT2D eigenvalue weighted by molar-refractivity contribution is -0.0328. The van der Waals surface area contributed by atoms with Crippen LogP contribution in [0.2, 0.25) is 0 Å². The molecule has 24 heavy (non-hydrogen) atoms. The Morgan fingerprint density at radius 2 is 1.75 bits per heavy atom.